The van der Waals surface area contributed by atoms with Crippen molar-refractivity contribution in [3.63, 3.8) is 0 Å². The maximum Gasteiger partial charge on any atom is 0.0325 e. The Balaban J connectivity index is 4.47. The highest BCUT2D eigenvalue weighted by atomic mass is 15.2. The van der Waals surface area contributed by atoms with Gasteiger partial charge >= 0.3 is 0 Å². The largest absolute Gasteiger partial charge is 0.315 e. The summed E-state index contributed by atoms with van der Waals surface area (Å²) in [6.45, 7) is 9.23. The highest BCUT2D eigenvalue weighted by Crippen LogP contribution is 2.25. The molecule has 0 fully saturated rings. The number of rotatable bonds is 7. The van der Waals surface area contributed by atoms with Crippen LogP contribution in [0.4, 0.5) is 0 Å². The molecule has 2 heteroatoms. The second kappa shape index (κ2) is 6.49. The lowest BCUT2D eigenvalue weighted by Gasteiger charge is -2.43. The molecule has 0 aromatic rings. The fraction of sp³-hybridized carbons (Fsp3) is 1.00. The predicted octanol–water partition coefficient (Wildman–Crippen LogP) is 2.74. The second-order valence-electron chi connectivity index (χ2n) is 5.42. The van der Waals surface area contributed by atoms with Crippen LogP contribution in [0.1, 0.15) is 47.0 Å². The molecule has 0 aliphatic rings. The summed E-state index contributed by atoms with van der Waals surface area (Å²) < 4.78 is 0. The quantitative estimate of drug-likeness (QED) is 0.701. The van der Waals surface area contributed by atoms with Gasteiger partial charge in [0.1, 0.15) is 0 Å². The Morgan fingerprint density at radius 1 is 1.20 bits per heavy atom. The van der Waals surface area contributed by atoms with Crippen molar-refractivity contribution in [2.45, 2.75) is 58.5 Å². The van der Waals surface area contributed by atoms with E-state index in [1.807, 2.05) is 0 Å². The Kier molecular flexibility index (Phi) is 6.46. The molecule has 0 bridgehead atoms. The first-order chi connectivity index (χ1) is 6.88. The molecular weight excluding hydrogens is 184 g/mol. The summed E-state index contributed by atoms with van der Waals surface area (Å²) in [6, 6.07) is 0.583. The van der Waals surface area contributed by atoms with Gasteiger partial charge in [-0.2, -0.15) is 0 Å². The van der Waals surface area contributed by atoms with E-state index in [-0.39, 0.29) is 5.54 Å². The monoisotopic (exact) mass is 214 g/mol. The normalized spacial score (nSPS) is 18.2. The van der Waals surface area contributed by atoms with Crippen molar-refractivity contribution in [3.05, 3.63) is 0 Å². The molecule has 0 saturated carbocycles. The third kappa shape index (κ3) is 4.12. The zero-order valence-electron chi connectivity index (χ0n) is 11.7. The van der Waals surface area contributed by atoms with Crippen LogP contribution in [0.25, 0.3) is 0 Å². The lowest BCUT2D eigenvalue weighted by atomic mass is 9.84. The molecule has 1 N–H and O–H groups in total. The maximum atomic E-state index is 3.49. The van der Waals surface area contributed by atoms with Crippen molar-refractivity contribution in [3.8, 4) is 0 Å². The summed E-state index contributed by atoms with van der Waals surface area (Å²) in [6.07, 6.45) is 3.75. The minimum atomic E-state index is 0.267. The minimum absolute atomic E-state index is 0.267. The van der Waals surface area contributed by atoms with Gasteiger partial charge in [0.15, 0.2) is 0 Å². The Bertz CT molecular complexity index is 166. The number of hydrogen-bond donors (Lipinski definition) is 1. The summed E-state index contributed by atoms with van der Waals surface area (Å²) >= 11 is 0. The van der Waals surface area contributed by atoms with Crippen molar-refractivity contribution >= 4 is 0 Å². The molecule has 0 rings (SSSR count). The van der Waals surface area contributed by atoms with Crippen LogP contribution in [0.3, 0.4) is 0 Å². The Morgan fingerprint density at radius 2 is 1.73 bits per heavy atom. The molecule has 0 saturated heterocycles. The maximum absolute atomic E-state index is 3.49. The first-order valence-corrected chi connectivity index (χ1v) is 6.23. The van der Waals surface area contributed by atoms with Gasteiger partial charge in [0.05, 0.1) is 0 Å². The molecule has 0 aliphatic carbocycles. The summed E-state index contributed by atoms with van der Waals surface area (Å²) in [4.78, 5) is 2.36. The van der Waals surface area contributed by atoms with Gasteiger partial charge in [-0.25, -0.2) is 0 Å². The van der Waals surface area contributed by atoms with E-state index in [0.717, 1.165) is 5.92 Å². The second-order valence-corrected chi connectivity index (χ2v) is 5.42. The van der Waals surface area contributed by atoms with E-state index < -0.39 is 0 Å². The van der Waals surface area contributed by atoms with Gasteiger partial charge in [0, 0.05) is 11.6 Å². The summed E-state index contributed by atoms with van der Waals surface area (Å²) in [5, 5.41) is 3.49. The van der Waals surface area contributed by atoms with Crippen LogP contribution in [-0.2, 0) is 0 Å². The molecule has 0 aromatic heterocycles. The van der Waals surface area contributed by atoms with Crippen LogP contribution in [0.15, 0.2) is 0 Å². The average molecular weight is 214 g/mol. The molecule has 0 spiro atoms. The molecule has 2 unspecified atom stereocenters. The minimum Gasteiger partial charge on any atom is -0.315 e. The fourth-order valence-electron chi connectivity index (χ4n) is 2.14. The molecule has 0 radical (unpaired) electrons. The number of nitrogens with one attached hydrogen (secondary N) is 1. The van der Waals surface area contributed by atoms with Crippen LogP contribution in [-0.4, -0.2) is 37.6 Å². The predicted molar refractivity (Wildman–Crippen MR) is 69.3 cm³/mol. The Labute approximate surface area is 96.4 Å². The molecule has 0 heterocycles. The molecule has 2 nitrogen and oxygen atoms in total. The van der Waals surface area contributed by atoms with Gasteiger partial charge in [-0.05, 0) is 53.2 Å². The summed E-state index contributed by atoms with van der Waals surface area (Å²) in [7, 11) is 6.45. The van der Waals surface area contributed by atoms with Gasteiger partial charge in [-0.15, -0.1) is 0 Å². The lowest BCUT2D eigenvalue weighted by Crippen LogP contribution is -2.56. The van der Waals surface area contributed by atoms with E-state index in [1.54, 1.807) is 0 Å². The van der Waals surface area contributed by atoms with Crippen molar-refractivity contribution in [1.29, 1.82) is 0 Å². The van der Waals surface area contributed by atoms with Crippen LogP contribution in [0, 0.1) is 5.92 Å². The van der Waals surface area contributed by atoms with Gasteiger partial charge in [0.25, 0.3) is 0 Å². The first-order valence-electron chi connectivity index (χ1n) is 6.23. The molecular formula is C13H30N2. The van der Waals surface area contributed by atoms with Crippen LogP contribution < -0.4 is 5.32 Å². The van der Waals surface area contributed by atoms with Crippen LogP contribution in [0.5, 0.6) is 0 Å². The molecule has 92 valence electrons. The van der Waals surface area contributed by atoms with Gasteiger partial charge in [-0.3, -0.25) is 0 Å². The van der Waals surface area contributed by atoms with Crippen molar-refractivity contribution in [1.82, 2.24) is 10.2 Å². The fourth-order valence-corrected chi connectivity index (χ4v) is 2.14. The molecule has 0 aromatic carbocycles. The van der Waals surface area contributed by atoms with Gasteiger partial charge in [-0.1, -0.05) is 20.8 Å². The van der Waals surface area contributed by atoms with E-state index >= 15 is 0 Å². The standard InChI is InChI=1S/C13H30N2/c1-8-13(4,15(6)7)12(14-5)10-9-11(2)3/h11-12,14H,8-10H2,1-7H3. The molecule has 15 heavy (non-hydrogen) atoms. The van der Waals surface area contributed by atoms with E-state index in [4.69, 9.17) is 0 Å². The van der Waals surface area contributed by atoms with Crippen molar-refractivity contribution in [2.24, 2.45) is 5.92 Å². The zero-order valence-corrected chi connectivity index (χ0v) is 11.7. The molecule has 2 atom stereocenters. The Morgan fingerprint density at radius 3 is 2.00 bits per heavy atom. The number of likely N-dealkylation sites (N-methyl/N-ethyl adjacent to an activating group) is 2. The van der Waals surface area contributed by atoms with Crippen molar-refractivity contribution in [2.75, 3.05) is 21.1 Å². The van der Waals surface area contributed by atoms with E-state index in [9.17, 15) is 0 Å². The Hall–Kier alpha value is -0.0800. The third-order valence-electron chi connectivity index (χ3n) is 3.87. The topological polar surface area (TPSA) is 15.3 Å². The summed E-state index contributed by atoms with van der Waals surface area (Å²) in [5.41, 5.74) is 0.267. The van der Waals surface area contributed by atoms with E-state index in [1.165, 1.54) is 19.3 Å². The van der Waals surface area contributed by atoms with Gasteiger partial charge < -0.3 is 10.2 Å². The molecule has 0 aliphatic heterocycles. The smallest absolute Gasteiger partial charge is 0.0325 e. The zero-order chi connectivity index (χ0) is 12.1. The first kappa shape index (κ1) is 14.9. The SMILES string of the molecule is CCC(C)(C(CCC(C)C)NC)N(C)C. The van der Waals surface area contributed by atoms with E-state index in [0.29, 0.717) is 6.04 Å². The van der Waals surface area contributed by atoms with Crippen LogP contribution >= 0.6 is 0 Å². The number of hydrogen-bond acceptors (Lipinski definition) is 2. The molecule has 0 amide bonds. The van der Waals surface area contributed by atoms with Gasteiger partial charge in [0.2, 0.25) is 0 Å². The van der Waals surface area contributed by atoms with Crippen molar-refractivity contribution < 1.29 is 0 Å². The number of nitrogens with zero attached hydrogens (tertiary/aromatic N) is 1. The highest BCUT2D eigenvalue weighted by Gasteiger charge is 2.33. The lowest BCUT2D eigenvalue weighted by molar-refractivity contribution is 0.109. The average Bonchev–Trinajstić information content (AvgIpc) is 2.17. The van der Waals surface area contributed by atoms with Crippen LogP contribution in [0.2, 0.25) is 0 Å². The van der Waals surface area contributed by atoms with E-state index in [2.05, 4.69) is 59.1 Å². The summed E-state index contributed by atoms with van der Waals surface area (Å²) in [5.74, 6) is 0.795. The highest BCUT2D eigenvalue weighted by molar-refractivity contribution is 4.93. The third-order valence-corrected chi connectivity index (χ3v) is 3.87.